The van der Waals surface area contributed by atoms with Crippen LogP contribution < -0.4 is 0 Å². The quantitative estimate of drug-likeness (QED) is 0.723. The highest BCUT2D eigenvalue weighted by Crippen LogP contribution is 2.26. The summed E-state index contributed by atoms with van der Waals surface area (Å²) in [5.74, 6) is -0.140. The molecular formula is C14H9Cl3O. The van der Waals surface area contributed by atoms with Crippen molar-refractivity contribution in [2.75, 3.05) is 0 Å². The van der Waals surface area contributed by atoms with Gasteiger partial charge in [-0.1, -0.05) is 59.1 Å². The second kappa shape index (κ2) is 5.75. The number of Topliss-reactive ketones (excluding diaryl/α,β-unsaturated/α-hetero) is 1. The van der Waals surface area contributed by atoms with E-state index in [9.17, 15) is 4.79 Å². The van der Waals surface area contributed by atoms with Gasteiger partial charge in [-0.3, -0.25) is 4.79 Å². The van der Waals surface area contributed by atoms with Gasteiger partial charge in [-0.15, -0.1) is 0 Å². The first kappa shape index (κ1) is 13.4. The fourth-order valence-electron chi connectivity index (χ4n) is 1.67. The average molecular weight is 300 g/mol. The summed E-state index contributed by atoms with van der Waals surface area (Å²) >= 11 is 18.0. The van der Waals surface area contributed by atoms with Gasteiger partial charge in [0.05, 0.1) is 15.6 Å². The van der Waals surface area contributed by atoms with Gasteiger partial charge in [-0.2, -0.15) is 0 Å². The van der Waals surface area contributed by atoms with E-state index in [2.05, 4.69) is 0 Å². The lowest BCUT2D eigenvalue weighted by Crippen LogP contribution is -2.05. The molecule has 0 atom stereocenters. The lowest BCUT2D eigenvalue weighted by molar-refractivity contribution is 0.0993. The van der Waals surface area contributed by atoms with E-state index in [1.54, 1.807) is 24.3 Å². The first-order valence-corrected chi connectivity index (χ1v) is 6.43. The standard InChI is InChI=1S/C14H9Cl3O/c15-10-5-2-1-4-9(10)8-13(18)14-11(16)6-3-7-12(14)17/h1-7H,8H2. The third-order valence-corrected chi connectivity index (χ3v) is 3.55. The lowest BCUT2D eigenvalue weighted by atomic mass is 10.0. The van der Waals surface area contributed by atoms with E-state index < -0.39 is 0 Å². The van der Waals surface area contributed by atoms with Gasteiger partial charge in [-0.05, 0) is 23.8 Å². The maximum absolute atomic E-state index is 12.2. The van der Waals surface area contributed by atoms with Crippen LogP contribution in [0.15, 0.2) is 42.5 Å². The third kappa shape index (κ3) is 2.86. The molecule has 0 unspecified atom stereocenters. The minimum atomic E-state index is -0.140. The fraction of sp³-hybridized carbons (Fsp3) is 0.0714. The van der Waals surface area contributed by atoms with Crippen LogP contribution >= 0.6 is 34.8 Å². The van der Waals surface area contributed by atoms with Gasteiger partial charge in [0, 0.05) is 11.4 Å². The van der Waals surface area contributed by atoms with Crippen LogP contribution in [0.4, 0.5) is 0 Å². The summed E-state index contributed by atoms with van der Waals surface area (Å²) in [7, 11) is 0. The molecule has 0 bridgehead atoms. The van der Waals surface area contributed by atoms with Crippen molar-refractivity contribution in [3.05, 3.63) is 68.7 Å². The topological polar surface area (TPSA) is 17.1 Å². The molecule has 0 aliphatic carbocycles. The molecule has 0 radical (unpaired) electrons. The minimum Gasteiger partial charge on any atom is -0.294 e. The summed E-state index contributed by atoms with van der Waals surface area (Å²) in [4.78, 5) is 12.2. The van der Waals surface area contributed by atoms with Crippen molar-refractivity contribution in [2.45, 2.75) is 6.42 Å². The second-order valence-corrected chi connectivity index (χ2v) is 5.01. The van der Waals surface area contributed by atoms with Crippen LogP contribution in [0.1, 0.15) is 15.9 Å². The average Bonchev–Trinajstić information content (AvgIpc) is 2.32. The van der Waals surface area contributed by atoms with Crippen LogP contribution in [0.2, 0.25) is 15.1 Å². The fourth-order valence-corrected chi connectivity index (χ4v) is 2.48. The van der Waals surface area contributed by atoms with Gasteiger partial charge >= 0.3 is 0 Å². The van der Waals surface area contributed by atoms with Crippen molar-refractivity contribution < 1.29 is 4.79 Å². The predicted octanol–water partition coefficient (Wildman–Crippen LogP) is 5.07. The predicted molar refractivity (Wildman–Crippen MR) is 75.9 cm³/mol. The summed E-state index contributed by atoms with van der Waals surface area (Å²) in [6.07, 6.45) is 0.184. The third-order valence-electron chi connectivity index (χ3n) is 2.55. The molecule has 4 heteroatoms. The van der Waals surface area contributed by atoms with E-state index >= 15 is 0 Å². The summed E-state index contributed by atoms with van der Waals surface area (Å²) < 4.78 is 0. The highest BCUT2D eigenvalue weighted by atomic mass is 35.5. The first-order chi connectivity index (χ1) is 8.59. The van der Waals surface area contributed by atoms with Gasteiger partial charge in [0.2, 0.25) is 0 Å². The first-order valence-electron chi connectivity index (χ1n) is 5.30. The number of hydrogen-bond donors (Lipinski definition) is 0. The van der Waals surface area contributed by atoms with Crippen molar-refractivity contribution in [3.8, 4) is 0 Å². The molecule has 2 aromatic rings. The molecule has 0 saturated carbocycles. The van der Waals surface area contributed by atoms with Gasteiger partial charge in [-0.25, -0.2) is 0 Å². The van der Waals surface area contributed by atoms with Crippen LogP contribution in [0, 0.1) is 0 Å². The van der Waals surface area contributed by atoms with Crippen molar-refractivity contribution >= 4 is 40.6 Å². The smallest absolute Gasteiger partial charge is 0.170 e. The maximum Gasteiger partial charge on any atom is 0.170 e. The highest BCUT2D eigenvalue weighted by molar-refractivity contribution is 6.40. The molecule has 0 aliphatic rings. The zero-order chi connectivity index (χ0) is 13.1. The zero-order valence-electron chi connectivity index (χ0n) is 9.29. The number of ketones is 1. The zero-order valence-corrected chi connectivity index (χ0v) is 11.6. The van der Waals surface area contributed by atoms with Crippen molar-refractivity contribution in [3.63, 3.8) is 0 Å². The van der Waals surface area contributed by atoms with E-state index in [1.807, 2.05) is 18.2 Å². The van der Waals surface area contributed by atoms with Gasteiger partial charge in [0.15, 0.2) is 5.78 Å². The van der Waals surface area contributed by atoms with Crippen LogP contribution in [0.5, 0.6) is 0 Å². The Labute approximate surface area is 120 Å². The Morgan fingerprint density at radius 2 is 1.39 bits per heavy atom. The Morgan fingerprint density at radius 3 is 2.00 bits per heavy atom. The minimum absolute atomic E-state index is 0.140. The van der Waals surface area contributed by atoms with Crippen molar-refractivity contribution in [1.29, 1.82) is 0 Å². The summed E-state index contributed by atoms with van der Waals surface area (Å²) in [6, 6.07) is 12.2. The molecule has 0 saturated heterocycles. The number of carbonyl (C=O) groups is 1. The Bertz CT molecular complexity index is 573. The molecule has 1 nitrogen and oxygen atoms in total. The van der Waals surface area contributed by atoms with E-state index in [1.165, 1.54) is 0 Å². The van der Waals surface area contributed by atoms with E-state index in [-0.39, 0.29) is 12.2 Å². The summed E-state index contributed by atoms with van der Waals surface area (Å²) in [6.45, 7) is 0. The number of benzene rings is 2. The van der Waals surface area contributed by atoms with Crippen LogP contribution in [-0.2, 0) is 6.42 Å². The molecule has 0 heterocycles. The molecule has 18 heavy (non-hydrogen) atoms. The highest BCUT2D eigenvalue weighted by Gasteiger charge is 2.15. The molecule has 0 aliphatic heterocycles. The van der Waals surface area contributed by atoms with E-state index in [0.717, 1.165) is 5.56 Å². The molecule has 0 aromatic heterocycles. The Kier molecular flexibility index (Phi) is 4.28. The largest absolute Gasteiger partial charge is 0.294 e. The maximum atomic E-state index is 12.2. The Morgan fingerprint density at radius 1 is 0.833 bits per heavy atom. The van der Waals surface area contributed by atoms with Gasteiger partial charge < -0.3 is 0 Å². The van der Waals surface area contributed by atoms with Gasteiger partial charge in [0.25, 0.3) is 0 Å². The van der Waals surface area contributed by atoms with Crippen LogP contribution in [0.3, 0.4) is 0 Å². The number of hydrogen-bond acceptors (Lipinski definition) is 1. The number of rotatable bonds is 3. The second-order valence-electron chi connectivity index (χ2n) is 3.79. The molecule has 2 aromatic carbocycles. The van der Waals surface area contributed by atoms with Crippen molar-refractivity contribution in [1.82, 2.24) is 0 Å². The molecule has 0 spiro atoms. The summed E-state index contributed by atoms with van der Waals surface area (Å²) in [5.41, 5.74) is 1.11. The molecule has 92 valence electrons. The Balaban J connectivity index is 2.31. The van der Waals surface area contributed by atoms with Gasteiger partial charge in [0.1, 0.15) is 0 Å². The van der Waals surface area contributed by atoms with Crippen LogP contribution in [0.25, 0.3) is 0 Å². The van der Waals surface area contributed by atoms with Crippen molar-refractivity contribution in [2.24, 2.45) is 0 Å². The SMILES string of the molecule is O=C(Cc1ccccc1Cl)c1c(Cl)cccc1Cl. The molecule has 0 amide bonds. The number of halogens is 3. The number of carbonyl (C=O) groups excluding carboxylic acids is 1. The normalized spacial score (nSPS) is 10.4. The monoisotopic (exact) mass is 298 g/mol. The molecular weight excluding hydrogens is 291 g/mol. The van der Waals surface area contributed by atoms with Crippen LogP contribution in [-0.4, -0.2) is 5.78 Å². The lowest BCUT2D eigenvalue weighted by Gasteiger charge is -2.07. The van der Waals surface area contributed by atoms with E-state index in [4.69, 9.17) is 34.8 Å². The Hall–Kier alpha value is -1.02. The van der Waals surface area contributed by atoms with E-state index in [0.29, 0.717) is 20.6 Å². The molecule has 2 rings (SSSR count). The molecule has 0 N–H and O–H groups in total. The molecule has 0 fully saturated rings. The summed E-state index contributed by atoms with van der Waals surface area (Å²) in [5, 5.41) is 1.29.